The van der Waals surface area contributed by atoms with Crippen molar-refractivity contribution in [2.45, 2.75) is 38.5 Å². The van der Waals surface area contributed by atoms with Crippen LogP contribution in [-0.4, -0.2) is 21.8 Å². The molecule has 0 bridgehead atoms. The maximum absolute atomic E-state index is 12.6. The standard InChI is InChI=1S/C14H18N2O3/c1-8-6-15-11-9(13(18)19-3)7-16(12(17)10(8)11)14(2)4-5-14/h6-7,13,15,18H,4-5H2,1-3H3. The third-order valence-corrected chi connectivity index (χ3v) is 4.11. The van der Waals surface area contributed by atoms with E-state index in [4.69, 9.17) is 4.74 Å². The van der Waals surface area contributed by atoms with Crippen LogP contribution in [0.3, 0.4) is 0 Å². The Bertz CT molecular complexity index is 695. The number of hydrogen-bond donors (Lipinski definition) is 2. The van der Waals surface area contributed by atoms with Crippen molar-refractivity contribution in [3.63, 3.8) is 0 Å². The molecule has 0 aliphatic heterocycles. The predicted molar refractivity (Wildman–Crippen MR) is 72.1 cm³/mol. The second-order valence-electron chi connectivity index (χ2n) is 5.57. The van der Waals surface area contributed by atoms with E-state index in [0.717, 1.165) is 18.4 Å². The number of rotatable bonds is 3. The Hall–Kier alpha value is -1.59. The molecule has 1 saturated carbocycles. The van der Waals surface area contributed by atoms with E-state index in [-0.39, 0.29) is 11.1 Å². The number of aliphatic hydroxyl groups is 1. The van der Waals surface area contributed by atoms with Crippen molar-refractivity contribution in [3.8, 4) is 0 Å². The minimum atomic E-state index is -1.03. The fourth-order valence-electron chi connectivity index (χ4n) is 2.54. The molecule has 102 valence electrons. The first kappa shape index (κ1) is 12.4. The number of aliphatic hydroxyl groups excluding tert-OH is 1. The first-order valence-electron chi connectivity index (χ1n) is 6.42. The van der Waals surface area contributed by atoms with Gasteiger partial charge in [0.1, 0.15) is 0 Å². The molecule has 2 heterocycles. The molecule has 0 aromatic carbocycles. The largest absolute Gasteiger partial charge is 0.364 e. The van der Waals surface area contributed by atoms with Crippen LogP contribution in [0.4, 0.5) is 0 Å². The number of aromatic nitrogens is 2. The highest BCUT2D eigenvalue weighted by Crippen LogP contribution is 2.42. The molecule has 2 aromatic rings. The lowest BCUT2D eigenvalue weighted by Crippen LogP contribution is -2.29. The Balaban J connectivity index is 2.37. The summed E-state index contributed by atoms with van der Waals surface area (Å²) < 4.78 is 6.75. The first-order chi connectivity index (χ1) is 8.98. The van der Waals surface area contributed by atoms with E-state index in [1.165, 1.54) is 7.11 Å². The van der Waals surface area contributed by atoms with Gasteiger partial charge in [-0.1, -0.05) is 0 Å². The maximum atomic E-state index is 12.6. The molecule has 1 aliphatic rings. The summed E-state index contributed by atoms with van der Waals surface area (Å²) in [6.45, 7) is 3.95. The van der Waals surface area contributed by atoms with Gasteiger partial charge in [0.15, 0.2) is 6.29 Å². The van der Waals surface area contributed by atoms with Crippen LogP contribution in [-0.2, 0) is 10.3 Å². The Labute approximate surface area is 110 Å². The van der Waals surface area contributed by atoms with E-state index in [0.29, 0.717) is 16.5 Å². The third-order valence-electron chi connectivity index (χ3n) is 4.11. The van der Waals surface area contributed by atoms with Gasteiger partial charge in [-0.2, -0.15) is 0 Å². The Morgan fingerprint density at radius 1 is 1.53 bits per heavy atom. The highest BCUT2D eigenvalue weighted by molar-refractivity contribution is 5.85. The minimum absolute atomic E-state index is 0.000744. The Morgan fingerprint density at radius 2 is 2.21 bits per heavy atom. The smallest absolute Gasteiger partial charge is 0.260 e. The number of nitrogens with zero attached hydrogens (tertiary/aromatic N) is 1. The van der Waals surface area contributed by atoms with Crippen molar-refractivity contribution in [1.82, 2.24) is 9.55 Å². The summed E-state index contributed by atoms with van der Waals surface area (Å²) in [5, 5.41) is 10.6. The summed E-state index contributed by atoms with van der Waals surface area (Å²) in [6, 6.07) is 0. The number of aromatic amines is 1. The second-order valence-corrected chi connectivity index (χ2v) is 5.57. The van der Waals surface area contributed by atoms with E-state index in [1.807, 2.05) is 6.92 Å². The fraction of sp³-hybridized carbons (Fsp3) is 0.500. The zero-order valence-corrected chi connectivity index (χ0v) is 11.4. The summed E-state index contributed by atoms with van der Waals surface area (Å²) in [5.41, 5.74) is 2.05. The molecule has 3 rings (SSSR count). The number of fused-ring (bicyclic) bond motifs is 1. The van der Waals surface area contributed by atoms with Gasteiger partial charge in [0.2, 0.25) is 0 Å². The van der Waals surface area contributed by atoms with Crippen LogP contribution >= 0.6 is 0 Å². The lowest BCUT2D eigenvalue weighted by atomic mass is 10.1. The summed E-state index contributed by atoms with van der Waals surface area (Å²) >= 11 is 0. The van der Waals surface area contributed by atoms with Crippen molar-refractivity contribution in [3.05, 3.63) is 33.9 Å². The molecule has 0 saturated heterocycles. The minimum Gasteiger partial charge on any atom is -0.364 e. The molecule has 1 unspecified atom stereocenters. The normalized spacial score (nSPS) is 18.7. The number of methoxy groups -OCH3 is 1. The van der Waals surface area contributed by atoms with Crippen LogP contribution < -0.4 is 5.56 Å². The quantitative estimate of drug-likeness (QED) is 0.829. The van der Waals surface area contributed by atoms with Crippen LogP contribution in [0, 0.1) is 6.92 Å². The molecule has 1 atom stereocenters. The van der Waals surface area contributed by atoms with Crippen molar-refractivity contribution in [2.24, 2.45) is 0 Å². The number of ether oxygens (including phenoxy) is 1. The molecule has 1 fully saturated rings. The van der Waals surface area contributed by atoms with Gasteiger partial charge in [0, 0.05) is 30.6 Å². The van der Waals surface area contributed by atoms with Crippen LogP contribution in [0.5, 0.6) is 0 Å². The molecule has 2 aromatic heterocycles. The number of nitrogens with one attached hydrogen (secondary N) is 1. The van der Waals surface area contributed by atoms with E-state index in [1.54, 1.807) is 17.0 Å². The average molecular weight is 262 g/mol. The molecule has 0 radical (unpaired) electrons. The zero-order chi connectivity index (χ0) is 13.8. The zero-order valence-electron chi connectivity index (χ0n) is 11.4. The van der Waals surface area contributed by atoms with Gasteiger partial charge in [-0.05, 0) is 32.3 Å². The molecule has 0 amide bonds. The third kappa shape index (κ3) is 1.73. The van der Waals surface area contributed by atoms with Crippen molar-refractivity contribution in [1.29, 1.82) is 0 Å². The van der Waals surface area contributed by atoms with E-state index < -0.39 is 6.29 Å². The number of hydrogen-bond acceptors (Lipinski definition) is 3. The molecule has 19 heavy (non-hydrogen) atoms. The SMILES string of the molecule is COC(O)c1cn(C2(C)CC2)c(=O)c2c(C)c[nH]c12. The Kier molecular flexibility index (Phi) is 2.59. The first-order valence-corrected chi connectivity index (χ1v) is 6.42. The van der Waals surface area contributed by atoms with Crippen molar-refractivity contribution in [2.75, 3.05) is 7.11 Å². The molecular weight excluding hydrogens is 244 g/mol. The topological polar surface area (TPSA) is 67.2 Å². The predicted octanol–water partition coefficient (Wildman–Crippen LogP) is 1.78. The highest BCUT2D eigenvalue weighted by atomic mass is 16.6. The fourth-order valence-corrected chi connectivity index (χ4v) is 2.54. The molecule has 0 spiro atoms. The summed E-state index contributed by atoms with van der Waals surface area (Å²) in [7, 11) is 1.45. The van der Waals surface area contributed by atoms with Crippen LogP contribution in [0.25, 0.3) is 10.9 Å². The molecule has 5 heteroatoms. The molecular formula is C14H18N2O3. The number of aryl methyl sites for hydroxylation is 1. The van der Waals surface area contributed by atoms with Gasteiger partial charge in [0.25, 0.3) is 5.56 Å². The lowest BCUT2D eigenvalue weighted by molar-refractivity contribution is -0.0764. The van der Waals surface area contributed by atoms with Gasteiger partial charge in [0.05, 0.1) is 10.9 Å². The second kappa shape index (κ2) is 3.95. The van der Waals surface area contributed by atoms with Gasteiger partial charge in [-0.15, -0.1) is 0 Å². The van der Waals surface area contributed by atoms with Gasteiger partial charge in [-0.25, -0.2) is 0 Å². The lowest BCUT2D eigenvalue weighted by Gasteiger charge is -2.18. The maximum Gasteiger partial charge on any atom is 0.260 e. The van der Waals surface area contributed by atoms with E-state index in [9.17, 15) is 9.90 Å². The average Bonchev–Trinajstić information content (AvgIpc) is 3.01. The van der Waals surface area contributed by atoms with Gasteiger partial charge >= 0.3 is 0 Å². The number of H-pyrrole nitrogens is 1. The van der Waals surface area contributed by atoms with Crippen molar-refractivity contribution < 1.29 is 9.84 Å². The molecule has 5 nitrogen and oxygen atoms in total. The van der Waals surface area contributed by atoms with Crippen LogP contribution in [0.15, 0.2) is 17.2 Å². The highest BCUT2D eigenvalue weighted by Gasteiger charge is 2.41. The van der Waals surface area contributed by atoms with E-state index >= 15 is 0 Å². The van der Waals surface area contributed by atoms with Crippen molar-refractivity contribution >= 4 is 10.9 Å². The number of pyridine rings is 1. The van der Waals surface area contributed by atoms with Gasteiger partial charge in [-0.3, -0.25) is 4.79 Å². The molecule has 2 N–H and O–H groups in total. The summed E-state index contributed by atoms with van der Waals surface area (Å²) in [5.74, 6) is 0. The summed E-state index contributed by atoms with van der Waals surface area (Å²) in [6.07, 6.45) is 4.46. The Morgan fingerprint density at radius 3 is 2.79 bits per heavy atom. The van der Waals surface area contributed by atoms with Crippen LogP contribution in [0.1, 0.15) is 37.2 Å². The van der Waals surface area contributed by atoms with Gasteiger partial charge < -0.3 is 19.4 Å². The van der Waals surface area contributed by atoms with E-state index in [2.05, 4.69) is 11.9 Å². The van der Waals surface area contributed by atoms with Crippen LogP contribution in [0.2, 0.25) is 0 Å². The monoisotopic (exact) mass is 262 g/mol. The molecule has 1 aliphatic carbocycles. The summed E-state index contributed by atoms with van der Waals surface area (Å²) in [4.78, 5) is 15.6.